The van der Waals surface area contributed by atoms with Gasteiger partial charge >= 0.3 is 5.69 Å². The normalized spacial score (nSPS) is 21.9. The Morgan fingerprint density at radius 3 is 2.62 bits per heavy atom. The predicted molar refractivity (Wildman–Crippen MR) is 86.6 cm³/mol. The summed E-state index contributed by atoms with van der Waals surface area (Å²) in [5.74, 6) is 0.312. The maximum absolute atomic E-state index is 11.4. The molecule has 21 heavy (non-hydrogen) atoms. The molecular weight excluding hydrogens is 290 g/mol. The van der Waals surface area contributed by atoms with Crippen LogP contribution in [-0.2, 0) is 0 Å². The van der Waals surface area contributed by atoms with E-state index in [4.69, 9.17) is 4.74 Å². The minimum atomic E-state index is -0.356. The number of hydrogen-bond acceptors (Lipinski definition) is 6. The molecule has 2 rings (SSSR count). The highest BCUT2D eigenvalue weighted by atomic mass is 32.2. The zero-order chi connectivity index (χ0) is 15.6. The maximum atomic E-state index is 11.4. The van der Waals surface area contributed by atoms with Crippen molar-refractivity contribution in [2.75, 3.05) is 45.5 Å². The van der Waals surface area contributed by atoms with Crippen molar-refractivity contribution in [2.24, 2.45) is 0 Å². The van der Waals surface area contributed by atoms with Gasteiger partial charge in [-0.3, -0.25) is 10.1 Å². The Balaban J connectivity index is 2.37. The van der Waals surface area contributed by atoms with Gasteiger partial charge in [-0.2, -0.15) is 11.8 Å². The van der Waals surface area contributed by atoms with Crippen LogP contribution in [0.25, 0.3) is 0 Å². The van der Waals surface area contributed by atoms with Crippen molar-refractivity contribution in [1.29, 1.82) is 0 Å². The van der Waals surface area contributed by atoms with Crippen LogP contribution in [0.4, 0.5) is 11.4 Å². The topological polar surface area (TPSA) is 58.8 Å². The molecule has 1 aromatic rings. The second-order valence-electron chi connectivity index (χ2n) is 5.30. The van der Waals surface area contributed by atoms with Crippen molar-refractivity contribution in [3.05, 3.63) is 28.3 Å². The van der Waals surface area contributed by atoms with Crippen molar-refractivity contribution >= 4 is 23.1 Å². The highest BCUT2D eigenvalue weighted by Crippen LogP contribution is 2.39. The molecule has 0 N–H and O–H groups in total. The van der Waals surface area contributed by atoms with Gasteiger partial charge in [0.1, 0.15) is 5.69 Å². The largest absolute Gasteiger partial charge is 0.490 e. The van der Waals surface area contributed by atoms with Crippen LogP contribution < -0.4 is 9.64 Å². The highest BCUT2D eigenvalue weighted by molar-refractivity contribution is 7.99. The lowest BCUT2D eigenvalue weighted by molar-refractivity contribution is -0.385. The predicted octanol–water partition coefficient (Wildman–Crippen LogP) is 2.09. The third kappa shape index (κ3) is 3.08. The number of nitrogens with zero attached hydrogens (tertiary/aromatic N) is 3. The summed E-state index contributed by atoms with van der Waals surface area (Å²) >= 11 is 1.81. The molecule has 1 fully saturated rings. The van der Waals surface area contributed by atoms with Gasteiger partial charge in [0.15, 0.2) is 5.75 Å². The Morgan fingerprint density at radius 2 is 2.14 bits per heavy atom. The number of hydrogen-bond donors (Lipinski definition) is 0. The van der Waals surface area contributed by atoms with Crippen molar-refractivity contribution in [2.45, 2.75) is 11.3 Å². The fourth-order valence-corrected chi connectivity index (χ4v) is 3.77. The number of para-hydroxylation sites is 1. The molecule has 116 valence electrons. The van der Waals surface area contributed by atoms with Crippen LogP contribution >= 0.6 is 11.8 Å². The second kappa shape index (κ2) is 6.53. The number of methoxy groups -OCH3 is 1. The molecule has 1 heterocycles. The Bertz CT molecular complexity index is 524. The first-order valence-corrected chi connectivity index (χ1v) is 8.04. The lowest BCUT2D eigenvalue weighted by Gasteiger charge is -2.23. The van der Waals surface area contributed by atoms with Gasteiger partial charge in [0.2, 0.25) is 0 Å². The van der Waals surface area contributed by atoms with Crippen LogP contribution in [0.2, 0.25) is 0 Å². The highest BCUT2D eigenvalue weighted by Gasteiger charge is 2.37. The summed E-state index contributed by atoms with van der Waals surface area (Å²) in [6, 6.07) is 5.62. The summed E-state index contributed by atoms with van der Waals surface area (Å²) in [5.41, 5.74) is 0.696. The SMILES string of the molecule is COc1cccc(N2C[C@@H](N(C)C)[C@H](SC)C2)c1[N+](=O)[O-]. The summed E-state index contributed by atoms with van der Waals surface area (Å²) < 4.78 is 5.15. The molecule has 0 radical (unpaired) electrons. The van der Waals surface area contributed by atoms with E-state index in [9.17, 15) is 10.1 Å². The van der Waals surface area contributed by atoms with E-state index in [1.165, 1.54) is 7.11 Å². The third-order valence-electron chi connectivity index (χ3n) is 3.92. The number of rotatable bonds is 5. The standard InChI is InChI=1S/C14H21N3O3S/c1-15(2)11-8-16(9-13(11)21-4)10-6-5-7-12(20-3)14(10)17(18)19/h5-7,11,13H,8-9H2,1-4H3/t11-,13-/m1/s1. The average molecular weight is 311 g/mol. The second-order valence-corrected chi connectivity index (χ2v) is 6.37. The number of likely N-dealkylation sites (N-methyl/N-ethyl adjacent to an activating group) is 1. The molecule has 1 aliphatic heterocycles. The van der Waals surface area contributed by atoms with Crippen LogP contribution in [0.15, 0.2) is 18.2 Å². The average Bonchev–Trinajstić information content (AvgIpc) is 2.90. The first-order chi connectivity index (χ1) is 9.99. The number of nitro groups is 1. The third-order valence-corrected chi connectivity index (χ3v) is 4.99. The molecule has 0 spiro atoms. The van der Waals surface area contributed by atoms with E-state index in [-0.39, 0.29) is 10.6 Å². The van der Waals surface area contributed by atoms with Gasteiger partial charge in [0.05, 0.1) is 12.0 Å². The van der Waals surface area contributed by atoms with Gasteiger partial charge in [-0.1, -0.05) is 6.07 Å². The molecule has 1 saturated heterocycles. The molecule has 0 unspecified atom stereocenters. The molecule has 0 bridgehead atoms. The summed E-state index contributed by atoms with van der Waals surface area (Å²) in [7, 11) is 5.57. The van der Waals surface area contributed by atoms with E-state index in [0.717, 1.165) is 13.1 Å². The maximum Gasteiger partial charge on any atom is 0.333 e. The zero-order valence-electron chi connectivity index (χ0n) is 12.8. The van der Waals surface area contributed by atoms with Crippen molar-refractivity contribution in [1.82, 2.24) is 4.90 Å². The molecule has 7 heteroatoms. The number of ether oxygens (including phenoxy) is 1. The van der Waals surface area contributed by atoms with E-state index in [2.05, 4.69) is 30.2 Å². The van der Waals surface area contributed by atoms with Crippen LogP contribution in [0.1, 0.15) is 0 Å². The van der Waals surface area contributed by atoms with Gasteiger partial charge in [-0.05, 0) is 32.5 Å². The van der Waals surface area contributed by atoms with Crippen LogP contribution in [0.3, 0.4) is 0 Å². The number of anilines is 1. The quantitative estimate of drug-likeness (QED) is 0.613. The van der Waals surface area contributed by atoms with Crippen LogP contribution in [0.5, 0.6) is 5.75 Å². The van der Waals surface area contributed by atoms with Gasteiger partial charge in [0, 0.05) is 24.4 Å². The Labute approximate surface area is 129 Å². The van der Waals surface area contributed by atoms with Crippen molar-refractivity contribution in [3.8, 4) is 5.75 Å². The van der Waals surface area contributed by atoms with Crippen molar-refractivity contribution < 1.29 is 9.66 Å². The van der Waals surface area contributed by atoms with Crippen molar-refractivity contribution in [3.63, 3.8) is 0 Å². The lowest BCUT2D eigenvalue weighted by atomic mass is 10.2. The minimum absolute atomic E-state index is 0.0549. The fourth-order valence-electron chi connectivity index (χ4n) is 2.80. The molecular formula is C14H21N3O3S. The minimum Gasteiger partial charge on any atom is -0.490 e. The molecule has 2 atom stereocenters. The van der Waals surface area contributed by atoms with Crippen LogP contribution in [-0.4, -0.2) is 61.7 Å². The summed E-state index contributed by atoms with van der Waals surface area (Å²) in [5, 5.41) is 11.8. The number of thioether (sulfide) groups is 1. The monoisotopic (exact) mass is 311 g/mol. The van der Waals surface area contributed by atoms with Gasteiger partial charge in [-0.15, -0.1) is 0 Å². The Morgan fingerprint density at radius 1 is 1.43 bits per heavy atom. The molecule has 6 nitrogen and oxygen atoms in total. The lowest BCUT2D eigenvalue weighted by Crippen LogP contribution is -2.36. The van der Waals surface area contributed by atoms with E-state index < -0.39 is 0 Å². The Kier molecular flexibility index (Phi) is 4.95. The molecule has 1 aliphatic rings. The van der Waals surface area contributed by atoms with E-state index >= 15 is 0 Å². The fraction of sp³-hybridized carbons (Fsp3) is 0.571. The first kappa shape index (κ1) is 15.9. The molecule has 0 saturated carbocycles. The van der Waals surface area contributed by atoms with E-state index in [1.54, 1.807) is 18.2 Å². The molecule has 0 aliphatic carbocycles. The number of nitro benzene ring substituents is 1. The first-order valence-electron chi connectivity index (χ1n) is 6.75. The van der Waals surface area contributed by atoms with Crippen LogP contribution in [0, 0.1) is 10.1 Å². The van der Waals surface area contributed by atoms with E-state index in [0.29, 0.717) is 22.7 Å². The molecule has 0 aromatic heterocycles. The Hall–Kier alpha value is -1.47. The van der Waals surface area contributed by atoms with E-state index in [1.807, 2.05) is 11.8 Å². The summed E-state index contributed by atoms with van der Waals surface area (Å²) in [6.07, 6.45) is 2.09. The summed E-state index contributed by atoms with van der Waals surface area (Å²) in [4.78, 5) is 15.3. The zero-order valence-corrected chi connectivity index (χ0v) is 13.6. The van der Waals surface area contributed by atoms with Gasteiger partial charge in [-0.25, -0.2) is 0 Å². The smallest absolute Gasteiger partial charge is 0.333 e. The van der Waals surface area contributed by atoms with Gasteiger partial charge < -0.3 is 14.5 Å². The molecule has 1 aromatic carbocycles. The van der Waals surface area contributed by atoms with Gasteiger partial charge in [0.25, 0.3) is 0 Å². The number of benzene rings is 1. The summed E-state index contributed by atoms with van der Waals surface area (Å²) in [6.45, 7) is 1.59. The molecule has 0 amide bonds.